The Hall–Kier alpha value is -2.77. The fourth-order valence-corrected chi connectivity index (χ4v) is 1.28. The van der Waals surface area contributed by atoms with Crippen molar-refractivity contribution in [2.45, 2.75) is 6.92 Å². The smallest absolute Gasteiger partial charge is 0.270 e. The molecular weight excluding hydrogens is 240 g/mol. The Morgan fingerprint density at radius 2 is 2.28 bits per heavy atom. The number of aryl methyl sites for hydroxylation is 1. The van der Waals surface area contributed by atoms with Crippen LogP contribution in [0.15, 0.2) is 28.8 Å². The summed E-state index contributed by atoms with van der Waals surface area (Å²) in [7, 11) is 0. The number of amides is 1. The van der Waals surface area contributed by atoms with E-state index in [2.05, 4.69) is 20.0 Å². The summed E-state index contributed by atoms with van der Waals surface area (Å²) in [4.78, 5) is 25.5. The molecule has 1 aromatic heterocycles. The van der Waals surface area contributed by atoms with Gasteiger partial charge in [0.1, 0.15) is 0 Å². The molecular formula is C10H8N4O4. The number of carbonyl (C=O) groups excluding carboxylic acids is 1. The lowest BCUT2D eigenvalue weighted by atomic mass is 10.2. The monoisotopic (exact) mass is 248 g/mol. The van der Waals surface area contributed by atoms with Crippen LogP contribution in [0.3, 0.4) is 0 Å². The van der Waals surface area contributed by atoms with Crippen LogP contribution in [-0.2, 0) is 0 Å². The van der Waals surface area contributed by atoms with Gasteiger partial charge in [-0.15, -0.1) is 0 Å². The van der Waals surface area contributed by atoms with E-state index in [0.717, 1.165) is 0 Å². The van der Waals surface area contributed by atoms with Gasteiger partial charge < -0.3 is 4.52 Å². The molecule has 1 aromatic carbocycles. The fraction of sp³-hybridized carbons (Fsp3) is 0.100. The van der Waals surface area contributed by atoms with Crippen LogP contribution >= 0.6 is 0 Å². The summed E-state index contributed by atoms with van der Waals surface area (Å²) in [5.74, 6) is -0.215. The zero-order valence-electron chi connectivity index (χ0n) is 9.28. The van der Waals surface area contributed by atoms with Crippen LogP contribution in [0.5, 0.6) is 0 Å². The molecule has 8 nitrogen and oxygen atoms in total. The largest absolute Gasteiger partial charge is 0.338 e. The summed E-state index contributed by atoms with van der Waals surface area (Å²) < 4.78 is 4.68. The maximum Gasteiger partial charge on any atom is 0.270 e. The Kier molecular flexibility index (Phi) is 3.00. The Morgan fingerprint density at radius 3 is 2.89 bits per heavy atom. The Balaban J connectivity index is 2.18. The number of hydrogen-bond donors (Lipinski definition) is 1. The standard InChI is InChI=1S/C10H8N4O4/c1-6-11-10(13-18-6)12-9(15)7-3-2-4-8(5-7)14(16)17/h2-5H,1H3,(H,12,13,15). The maximum absolute atomic E-state index is 11.7. The summed E-state index contributed by atoms with van der Waals surface area (Å²) >= 11 is 0. The summed E-state index contributed by atoms with van der Waals surface area (Å²) in [5.41, 5.74) is -0.0152. The highest BCUT2D eigenvalue weighted by Crippen LogP contribution is 2.14. The van der Waals surface area contributed by atoms with Gasteiger partial charge in [0.2, 0.25) is 5.89 Å². The van der Waals surface area contributed by atoms with Gasteiger partial charge in [-0.1, -0.05) is 6.07 Å². The number of nitrogens with one attached hydrogen (secondary N) is 1. The molecule has 0 aliphatic rings. The number of anilines is 1. The number of nitrogens with zero attached hydrogens (tertiary/aromatic N) is 3. The number of benzene rings is 1. The number of hydrogen-bond acceptors (Lipinski definition) is 6. The zero-order chi connectivity index (χ0) is 13.1. The third-order valence-electron chi connectivity index (χ3n) is 2.07. The van der Waals surface area contributed by atoms with E-state index < -0.39 is 10.8 Å². The molecule has 92 valence electrons. The van der Waals surface area contributed by atoms with E-state index in [-0.39, 0.29) is 17.2 Å². The van der Waals surface area contributed by atoms with Gasteiger partial charge in [-0.25, -0.2) is 0 Å². The Morgan fingerprint density at radius 1 is 1.50 bits per heavy atom. The van der Waals surface area contributed by atoms with Crippen LogP contribution in [0.2, 0.25) is 0 Å². The van der Waals surface area contributed by atoms with Crippen LogP contribution in [0.1, 0.15) is 16.2 Å². The molecule has 8 heteroatoms. The first kappa shape index (κ1) is 11.7. The van der Waals surface area contributed by atoms with Gasteiger partial charge in [0.25, 0.3) is 17.5 Å². The van der Waals surface area contributed by atoms with Gasteiger partial charge in [-0.3, -0.25) is 20.2 Å². The summed E-state index contributed by atoms with van der Waals surface area (Å²) in [6, 6.07) is 5.35. The molecule has 0 atom stereocenters. The minimum Gasteiger partial charge on any atom is -0.338 e. The lowest BCUT2D eigenvalue weighted by Gasteiger charge is -1.99. The van der Waals surface area contributed by atoms with E-state index in [9.17, 15) is 14.9 Å². The predicted octanol–water partition coefficient (Wildman–Crippen LogP) is 1.54. The number of rotatable bonds is 3. The molecule has 0 aliphatic heterocycles. The molecule has 0 saturated carbocycles. The Labute approximate surface area is 101 Å². The first-order chi connectivity index (χ1) is 8.56. The highest BCUT2D eigenvalue weighted by molar-refractivity contribution is 6.03. The fourth-order valence-electron chi connectivity index (χ4n) is 1.28. The highest BCUT2D eigenvalue weighted by Gasteiger charge is 2.13. The third kappa shape index (κ3) is 2.48. The topological polar surface area (TPSA) is 111 Å². The number of carbonyl (C=O) groups is 1. The Bertz CT molecular complexity index is 607. The number of aromatic nitrogens is 2. The molecule has 0 radical (unpaired) electrons. The van der Waals surface area contributed by atoms with E-state index in [0.29, 0.717) is 5.89 Å². The van der Waals surface area contributed by atoms with Crippen molar-refractivity contribution in [3.05, 3.63) is 45.8 Å². The van der Waals surface area contributed by atoms with E-state index in [1.54, 1.807) is 6.92 Å². The average Bonchev–Trinajstić information content (AvgIpc) is 2.75. The number of nitro benzene ring substituents is 1. The van der Waals surface area contributed by atoms with Crippen molar-refractivity contribution in [1.82, 2.24) is 10.1 Å². The summed E-state index contributed by atoms with van der Waals surface area (Å²) in [6.45, 7) is 1.58. The van der Waals surface area contributed by atoms with Crippen molar-refractivity contribution in [1.29, 1.82) is 0 Å². The van der Waals surface area contributed by atoms with Gasteiger partial charge in [-0.2, -0.15) is 4.98 Å². The van der Waals surface area contributed by atoms with Gasteiger partial charge in [-0.05, 0) is 11.2 Å². The second-order valence-corrected chi connectivity index (χ2v) is 3.40. The lowest BCUT2D eigenvalue weighted by Crippen LogP contribution is -2.13. The molecule has 0 fully saturated rings. The SMILES string of the molecule is Cc1nc(NC(=O)c2cccc([N+](=O)[O-])c2)no1. The van der Waals surface area contributed by atoms with E-state index in [1.165, 1.54) is 24.3 Å². The zero-order valence-corrected chi connectivity index (χ0v) is 9.28. The second kappa shape index (κ2) is 4.62. The van der Waals surface area contributed by atoms with E-state index in [4.69, 9.17) is 0 Å². The van der Waals surface area contributed by atoms with Crippen LogP contribution < -0.4 is 5.32 Å². The van der Waals surface area contributed by atoms with Gasteiger partial charge >= 0.3 is 0 Å². The van der Waals surface area contributed by atoms with Crippen molar-refractivity contribution >= 4 is 17.5 Å². The van der Waals surface area contributed by atoms with Crippen LogP contribution in [0, 0.1) is 17.0 Å². The van der Waals surface area contributed by atoms with Crippen molar-refractivity contribution in [2.24, 2.45) is 0 Å². The van der Waals surface area contributed by atoms with Crippen molar-refractivity contribution in [3.8, 4) is 0 Å². The first-order valence-electron chi connectivity index (χ1n) is 4.92. The molecule has 1 amide bonds. The van der Waals surface area contributed by atoms with Gasteiger partial charge in [0.15, 0.2) is 0 Å². The number of non-ortho nitro benzene ring substituents is 1. The quantitative estimate of drug-likeness (QED) is 0.651. The predicted molar refractivity (Wildman–Crippen MR) is 60.1 cm³/mol. The minimum atomic E-state index is -0.574. The molecule has 18 heavy (non-hydrogen) atoms. The normalized spacial score (nSPS) is 10.1. The molecule has 1 N–H and O–H groups in total. The van der Waals surface area contributed by atoms with Gasteiger partial charge in [0, 0.05) is 24.6 Å². The van der Waals surface area contributed by atoms with Gasteiger partial charge in [0.05, 0.1) is 4.92 Å². The van der Waals surface area contributed by atoms with Crippen molar-refractivity contribution in [2.75, 3.05) is 5.32 Å². The third-order valence-corrected chi connectivity index (χ3v) is 2.07. The number of nitro groups is 1. The molecule has 2 rings (SSSR count). The van der Waals surface area contributed by atoms with E-state index >= 15 is 0 Å². The van der Waals surface area contributed by atoms with Crippen LogP contribution in [0.25, 0.3) is 0 Å². The van der Waals surface area contributed by atoms with Crippen LogP contribution in [-0.4, -0.2) is 21.0 Å². The molecule has 0 spiro atoms. The first-order valence-corrected chi connectivity index (χ1v) is 4.92. The molecule has 0 aliphatic carbocycles. The van der Waals surface area contributed by atoms with Crippen LogP contribution in [0.4, 0.5) is 11.6 Å². The summed E-state index contributed by atoms with van der Waals surface area (Å²) in [6.07, 6.45) is 0. The molecule has 2 aromatic rings. The highest BCUT2D eigenvalue weighted by atomic mass is 16.6. The average molecular weight is 248 g/mol. The van der Waals surface area contributed by atoms with Crippen molar-refractivity contribution in [3.63, 3.8) is 0 Å². The molecule has 0 saturated heterocycles. The van der Waals surface area contributed by atoms with Crippen molar-refractivity contribution < 1.29 is 14.2 Å². The minimum absolute atomic E-state index is 0.0176. The molecule has 1 heterocycles. The molecule has 0 unspecified atom stereocenters. The maximum atomic E-state index is 11.7. The lowest BCUT2D eigenvalue weighted by molar-refractivity contribution is -0.384. The van der Waals surface area contributed by atoms with E-state index in [1.807, 2.05) is 0 Å². The second-order valence-electron chi connectivity index (χ2n) is 3.40. The summed E-state index contributed by atoms with van der Waals surface area (Å²) in [5, 5.41) is 16.4. The molecule has 0 bridgehead atoms.